The van der Waals surface area contributed by atoms with Gasteiger partial charge in [0.05, 0.1) is 6.20 Å². The van der Waals surface area contributed by atoms with Crippen LogP contribution in [0, 0.1) is 12.8 Å². The minimum atomic E-state index is -0.513. The molecule has 4 heterocycles. The Kier molecular flexibility index (Phi) is 4.80. The highest BCUT2D eigenvalue weighted by Crippen LogP contribution is 2.31. The number of rotatable bonds is 4. The first-order valence-corrected chi connectivity index (χ1v) is 9.67. The number of carbonyl (C=O) groups excluding carboxylic acids is 1. The highest BCUT2D eigenvalue weighted by Gasteiger charge is 2.45. The van der Waals surface area contributed by atoms with Gasteiger partial charge in [-0.2, -0.15) is 10.2 Å². The van der Waals surface area contributed by atoms with Crippen molar-refractivity contribution >= 4 is 5.91 Å². The lowest BCUT2D eigenvalue weighted by molar-refractivity contribution is -0.144. The Morgan fingerprint density at radius 3 is 2.65 bits per heavy atom. The molecule has 2 fully saturated rings. The monoisotopic (exact) mass is 356 g/mol. The second-order valence-corrected chi connectivity index (χ2v) is 7.71. The zero-order valence-corrected chi connectivity index (χ0v) is 15.5. The highest BCUT2D eigenvalue weighted by molar-refractivity contribution is 5.84. The Morgan fingerprint density at radius 2 is 2.04 bits per heavy atom. The molecule has 7 nitrogen and oxygen atoms in total. The molecule has 0 spiro atoms. The van der Waals surface area contributed by atoms with Crippen molar-refractivity contribution in [1.29, 1.82) is 0 Å². The van der Waals surface area contributed by atoms with Gasteiger partial charge in [0.1, 0.15) is 5.54 Å². The van der Waals surface area contributed by atoms with Crippen molar-refractivity contribution in [2.24, 2.45) is 5.92 Å². The van der Waals surface area contributed by atoms with Gasteiger partial charge in [-0.05, 0) is 63.2 Å². The van der Waals surface area contributed by atoms with E-state index in [0.29, 0.717) is 5.92 Å². The lowest BCUT2D eigenvalue weighted by Crippen LogP contribution is -2.57. The van der Waals surface area contributed by atoms with E-state index in [-0.39, 0.29) is 5.91 Å². The fourth-order valence-corrected chi connectivity index (χ4v) is 4.35. The number of aromatic nitrogens is 4. The molecular formula is C19H28N6O. The number of aryl methyl sites for hydroxylation is 1. The van der Waals surface area contributed by atoms with Gasteiger partial charge in [0.25, 0.3) is 5.91 Å². The predicted molar refractivity (Wildman–Crippen MR) is 98.6 cm³/mol. The molecule has 0 radical (unpaired) electrons. The standard InChI is InChI=1S/C19H28N6O/c1-16-13-22-24(14-16)15-17-3-11-23(12-4-17)18(26)19(5-8-20-9-6-19)25-10-2-7-21-25/h2,7,10,13-14,17,20H,3-6,8-9,11-12,15H2,1H3. The number of hydrogen-bond acceptors (Lipinski definition) is 4. The average molecular weight is 356 g/mol. The number of hydrogen-bond donors (Lipinski definition) is 1. The zero-order valence-electron chi connectivity index (χ0n) is 15.5. The molecule has 2 aliphatic rings. The summed E-state index contributed by atoms with van der Waals surface area (Å²) in [5.41, 5.74) is 0.686. The molecule has 0 atom stereocenters. The summed E-state index contributed by atoms with van der Waals surface area (Å²) in [4.78, 5) is 15.5. The van der Waals surface area contributed by atoms with Gasteiger partial charge in [-0.1, -0.05) is 0 Å². The Labute approximate surface area is 154 Å². The maximum absolute atomic E-state index is 13.5. The van der Waals surface area contributed by atoms with E-state index in [0.717, 1.165) is 58.4 Å². The quantitative estimate of drug-likeness (QED) is 0.899. The van der Waals surface area contributed by atoms with Crippen molar-refractivity contribution in [1.82, 2.24) is 29.8 Å². The lowest BCUT2D eigenvalue weighted by atomic mass is 9.85. The first-order valence-electron chi connectivity index (χ1n) is 9.67. The number of piperidine rings is 2. The van der Waals surface area contributed by atoms with E-state index in [2.05, 4.69) is 33.5 Å². The number of likely N-dealkylation sites (tertiary alicyclic amines) is 1. The van der Waals surface area contributed by atoms with Gasteiger partial charge in [0.15, 0.2) is 0 Å². The molecule has 26 heavy (non-hydrogen) atoms. The van der Waals surface area contributed by atoms with Gasteiger partial charge in [0.2, 0.25) is 0 Å². The van der Waals surface area contributed by atoms with Crippen molar-refractivity contribution < 1.29 is 4.79 Å². The highest BCUT2D eigenvalue weighted by atomic mass is 16.2. The molecule has 2 aromatic heterocycles. The summed E-state index contributed by atoms with van der Waals surface area (Å²) in [5.74, 6) is 0.836. The summed E-state index contributed by atoms with van der Waals surface area (Å²) in [7, 11) is 0. The third-order valence-electron chi connectivity index (χ3n) is 5.88. The topological polar surface area (TPSA) is 68.0 Å². The van der Waals surface area contributed by atoms with Gasteiger partial charge in [0, 0.05) is 38.2 Å². The summed E-state index contributed by atoms with van der Waals surface area (Å²) in [5, 5.41) is 12.2. The fraction of sp³-hybridized carbons (Fsp3) is 0.632. The fourth-order valence-electron chi connectivity index (χ4n) is 4.35. The minimum Gasteiger partial charge on any atom is -0.341 e. The molecule has 140 valence electrons. The smallest absolute Gasteiger partial charge is 0.250 e. The molecule has 4 rings (SSSR count). The molecule has 0 aliphatic carbocycles. The van der Waals surface area contributed by atoms with E-state index in [1.807, 2.05) is 27.8 Å². The van der Waals surface area contributed by atoms with Crippen molar-refractivity contribution in [3.8, 4) is 0 Å². The predicted octanol–water partition coefficient (Wildman–Crippen LogP) is 1.41. The van der Waals surface area contributed by atoms with E-state index in [9.17, 15) is 4.79 Å². The maximum atomic E-state index is 13.5. The average Bonchev–Trinajstić information content (AvgIpc) is 3.35. The van der Waals surface area contributed by atoms with Crippen LogP contribution in [0.4, 0.5) is 0 Å². The van der Waals surface area contributed by atoms with Gasteiger partial charge in [-0.3, -0.25) is 14.2 Å². The summed E-state index contributed by atoms with van der Waals surface area (Å²) in [6, 6.07) is 1.91. The van der Waals surface area contributed by atoms with Gasteiger partial charge in [-0.25, -0.2) is 0 Å². The van der Waals surface area contributed by atoms with Crippen LogP contribution in [0.15, 0.2) is 30.9 Å². The molecule has 0 saturated carbocycles. The molecule has 0 bridgehead atoms. The van der Waals surface area contributed by atoms with Crippen LogP contribution >= 0.6 is 0 Å². The van der Waals surface area contributed by atoms with E-state index in [1.54, 1.807) is 6.20 Å². The van der Waals surface area contributed by atoms with Gasteiger partial charge in [-0.15, -0.1) is 0 Å². The van der Waals surface area contributed by atoms with E-state index in [1.165, 1.54) is 5.56 Å². The van der Waals surface area contributed by atoms with Crippen molar-refractivity contribution in [3.05, 3.63) is 36.4 Å². The van der Waals surface area contributed by atoms with Crippen LogP contribution in [-0.4, -0.2) is 56.5 Å². The number of amides is 1. The van der Waals surface area contributed by atoms with Crippen LogP contribution in [0.25, 0.3) is 0 Å². The summed E-state index contributed by atoms with van der Waals surface area (Å²) in [6.07, 6.45) is 11.4. The maximum Gasteiger partial charge on any atom is 0.250 e. The first kappa shape index (κ1) is 17.3. The zero-order chi connectivity index (χ0) is 18.0. The normalized spacial score (nSPS) is 21.0. The lowest BCUT2D eigenvalue weighted by Gasteiger charge is -2.42. The van der Waals surface area contributed by atoms with Gasteiger partial charge >= 0.3 is 0 Å². The van der Waals surface area contributed by atoms with E-state index >= 15 is 0 Å². The molecule has 0 unspecified atom stereocenters. The SMILES string of the molecule is Cc1cnn(CC2CCN(C(=O)C3(n4cccn4)CCNCC3)CC2)c1. The number of carbonyl (C=O) groups is 1. The first-order chi connectivity index (χ1) is 12.7. The Bertz CT molecular complexity index is 723. The van der Waals surface area contributed by atoms with Crippen molar-refractivity contribution in [3.63, 3.8) is 0 Å². The van der Waals surface area contributed by atoms with E-state index < -0.39 is 5.54 Å². The minimum absolute atomic E-state index is 0.246. The molecular weight excluding hydrogens is 328 g/mol. The third-order valence-corrected chi connectivity index (χ3v) is 5.88. The van der Waals surface area contributed by atoms with Crippen LogP contribution in [-0.2, 0) is 16.9 Å². The molecule has 0 aromatic carbocycles. The van der Waals surface area contributed by atoms with Crippen LogP contribution in [0.5, 0.6) is 0 Å². The Hall–Kier alpha value is -2.15. The van der Waals surface area contributed by atoms with Crippen LogP contribution in [0.1, 0.15) is 31.2 Å². The van der Waals surface area contributed by atoms with Crippen LogP contribution in [0.3, 0.4) is 0 Å². The molecule has 1 N–H and O–H groups in total. The number of nitrogens with one attached hydrogen (secondary N) is 1. The second-order valence-electron chi connectivity index (χ2n) is 7.71. The molecule has 2 aliphatic heterocycles. The Morgan fingerprint density at radius 1 is 1.27 bits per heavy atom. The molecule has 7 heteroatoms. The summed E-state index contributed by atoms with van der Waals surface area (Å²) in [6.45, 7) is 6.41. The molecule has 2 aromatic rings. The Balaban J connectivity index is 1.42. The molecule has 1 amide bonds. The third kappa shape index (κ3) is 3.28. The van der Waals surface area contributed by atoms with Gasteiger partial charge < -0.3 is 10.2 Å². The van der Waals surface area contributed by atoms with Crippen molar-refractivity contribution in [2.45, 2.75) is 44.7 Å². The summed E-state index contributed by atoms with van der Waals surface area (Å²) >= 11 is 0. The largest absolute Gasteiger partial charge is 0.341 e. The van der Waals surface area contributed by atoms with Crippen LogP contribution < -0.4 is 5.32 Å². The van der Waals surface area contributed by atoms with E-state index in [4.69, 9.17) is 0 Å². The van der Waals surface area contributed by atoms with Crippen LogP contribution in [0.2, 0.25) is 0 Å². The second kappa shape index (κ2) is 7.23. The van der Waals surface area contributed by atoms with Crippen molar-refractivity contribution in [2.75, 3.05) is 26.2 Å². The summed E-state index contributed by atoms with van der Waals surface area (Å²) < 4.78 is 3.93. The number of nitrogens with zero attached hydrogens (tertiary/aromatic N) is 5. The molecule has 2 saturated heterocycles.